The summed E-state index contributed by atoms with van der Waals surface area (Å²) >= 11 is 0. The molecule has 0 bridgehead atoms. The second-order valence-corrected chi connectivity index (χ2v) is 4.85. The number of nitrogens with zero attached hydrogens (tertiary/aromatic N) is 1. The van der Waals surface area contributed by atoms with Gasteiger partial charge in [-0.25, -0.2) is 4.79 Å². The number of carbonyl (C=O) groups is 3. The van der Waals surface area contributed by atoms with Crippen LogP contribution in [0.2, 0.25) is 0 Å². The summed E-state index contributed by atoms with van der Waals surface area (Å²) in [6.07, 6.45) is 1.18. The Morgan fingerprint density at radius 1 is 1.27 bits per heavy atom. The van der Waals surface area contributed by atoms with Gasteiger partial charge < -0.3 is 21.1 Å². The Hall–Kier alpha value is -2.87. The topological polar surface area (TPSA) is 111 Å². The lowest BCUT2D eigenvalue weighted by molar-refractivity contribution is -0.137. The molecule has 1 aromatic rings. The molecule has 2 heterocycles. The van der Waals surface area contributed by atoms with E-state index in [1.165, 1.54) is 6.08 Å². The molecule has 0 aliphatic carbocycles. The summed E-state index contributed by atoms with van der Waals surface area (Å²) in [5, 5.41) is 17.1. The molecular weight excluding hydrogens is 288 g/mol. The van der Waals surface area contributed by atoms with E-state index in [-0.39, 0.29) is 24.9 Å². The van der Waals surface area contributed by atoms with E-state index in [0.29, 0.717) is 17.9 Å². The number of carbonyl (C=O) groups excluding carboxylic acids is 3. The van der Waals surface area contributed by atoms with Gasteiger partial charge in [0.1, 0.15) is 5.70 Å². The summed E-state index contributed by atoms with van der Waals surface area (Å²) in [6.45, 7) is 0.0488. The number of hydrogen-bond acceptors (Lipinski definition) is 5. The fraction of sp³-hybridized carbons (Fsp3) is 0.214. The monoisotopic (exact) mass is 302 g/mol. The summed E-state index contributed by atoms with van der Waals surface area (Å²) in [4.78, 5) is 36.2. The van der Waals surface area contributed by atoms with E-state index in [4.69, 9.17) is 5.11 Å². The number of aliphatic hydroxyl groups excluding tert-OH is 1. The molecule has 22 heavy (non-hydrogen) atoms. The van der Waals surface area contributed by atoms with E-state index in [9.17, 15) is 14.4 Å². The highest BCUT2D eigenvalue weighted by molar-refractivity contribution is 6.17. The number of anilines is 2. The van der Waals surface area contributed by atoms with E-state index < -0.39 is 11.8 Å². The number of aliphatic hydroxyl groups is 1. The minimum absolute atomic E-state index is 0.0487. The first-order valence-corrected chi connectivity index (χ1v) is 6.72. The largest absolute Gasteiger partial charge is 0.395 e. The third kappa shape index (κ3) is 2.40. The zero-order chi connectivity index (χ0) is 15.7. The average Bonchev–Trinajstić information content (AvgIpc) is 2.76. The highest BCUT2D eigenvalue weighted by Crippen LogP contribution is 2.30. The van der Waals surface area contributed by atoms with Crippen molar-refractivity contribution in [3.05, 3.63) is 35.5 Å². The van der Waals surface area contributed by atoms with Gasteiger partial charge in [-0.05, 0) is 11.6 Å². The standard InChI is InChI=1S/C14H14N4O4/c19-5-4-18-11(20)6-10(13(18)21)16-9-3-1-2-8-7-15-14(22)17-12(8)9/h1-3,6,16,19H,4-5,7H2,(H2,15,17,22). The number of benzene rings is 1. The van der Waals surface area contributed by atoms with Crippen molar-refractivity contribution in [1.82, 2.24) is 10.2 Å². The predicted octanol–water partition coefficient (Wildman–Crippen LogP) is -0.0214. The van der Waals surface area contributed by atoms with Gasteiger partial charge in [-0.15, -0.1) is 0 Å². The van der Waals surface area contributed by atoms with Crippen LogP contribution in [-0.4, -0.2) is 41.0 Å². The highest BCUT2D eigenvalue weighted by Gasteiger charge is 2.31. The summed E-state index contributed by atoms with van der Waals surface area (Å²) in [5.74, 6) is -0.978. The van der Waals surface area contributed by atoms with Gasteiger partial charge in [0, 0.05) is 12.6 Å². The Kier molecular flexibility index (Phi) is 3.51. The van der Waals surface area contributed by atoms with Crippen LogP contribution < -0.4 is 16.0 Å². The molecule has 1 aromatic carbocycles. The summed E-state index contributed by atoms with van der Waals surface area (Å²) in [6, 6.07) is 5.01. The molecule has 114 valence electrons. The molecule has 2 aliphatic rings. The van der Waals surface area contributed by atoms with E-state index in [2.05, 4.69) is 16.0 Å². The molecule has 8 heteroatoms. The number of rotatable bonds is 4. The zero-order valence-electron chi connectivity index (χ0n) is 11.5. The van der Waals surface area contributed by atoms with E-state index in [0.717, 1.165) is 10.5 Å². The van der Waals surface area contributed by atoms with Crippen LogP contribution in [0, 0.1) is 0 Å². The minimum atomic E-state index is -0.503. The summed E-state index contributed by atoms with van der Waals surface area (Å²) < 4.78 is 0. The number of fused-ring (bicyclic) bond motifs is 1. The van der Waals surface area contributed by atoms with Crippen LogP contribution in [-0.2, 0) is 16.1 Å². The first kappa shape index (κ1) is 14.1. The fourth-order valence-electron chi connectivity index (χ4n) is 2.39. The van der Waals surface area contributed by atoms with Crippen LogP contribution in [0.15, 0.2) is 30.0 Å². The Balaban J connectivity index is 1.86. The molecule has 0 saturated heterocycles. The van der Waals surface area contributed by atoms with Crippen molar-refractivity contribution in [1.29, 1.82) is 0 Å². The Bertz CT molecular complexity index is 698. The molecule has 0 saturated carbocycles. The van der Waals surface area contributed by atoms with Crippen molar-refractivity contribution in [3.63, 3.8) is 0 Å². The van der Waals surface area contributed by atoms with Crippen molar-refractivity contribution in [2.45, 2.75) is 6.54 Å². The molecule has 2 aliphatic heterocycles. The van der Waals surface area contributed by atoms with Gasteiger partial charge >= 0.3 is 6.03 Å². The van der Waals surface area contributed by atoms with Crippen molar-refractivity contribution in [3.8, 4) is 0 Å². The zero-order valence-corrected chi connectivity index (χ0v) is 11.5. The van der Waals surface area contributed by atoms with E-state index in [1.54, 1.807) is 12.1 Å². The molecule has 0 unspecified atom stereocenters. The maximum Gasteiger partial charge on any atom is 0.319 e. The van der Waals surface area contributed by atoms with E-state index >= 15 is 0 Å². The first-order chi connectivity index (χ1) is 10.6. The normalized spacial score (nSPS) is 16.9. The highest BCUT2D eigenvalue weighted by atomic mass is 16.3. The lowest BCUT2D eigenvalue weighted by Crippen LogP contribution is -2.35. The lowest BCUT2D eigenvalue weighted by atomic mass is 10.1. The third-order valence-corrected chi connectivity index (χ3v) is 3.43. The van der Waals surface area contributed by atoms with Gasteiger partial charge in [0.25, 0.3) is 11.8 Å². The number of imide groups is 1. The van der Waals surface area contributed by atoms with Gasteiger partial charge in [-0.2, -0.15) is 0 Å². The SMILES string of the molecule is O=C1NCc2cccc(NC3=CC(=O)N(CCO)C3=O)c2N1. The molecular formula is C14H14N4O4. The van der Waals surface area contributed by atoms with Gasteiger partial charge in [-0.1, -0.05) is 12.1 Å². The second kappa shape index (κ2) is 5.49. The molecule has 8 nitrogen and oxygen atoms in total. The molecule has 0 radical (unpaired) electrons. The van der Waals surface area contributed by atoms with Crippen molar-refractivity contribution >= 4 is 29.2 Å². The minimum Gasteiger partial charge on any atom is -0.395 e. The third-order valence-electron chi connectivity index (χ3n) is 3.43. The van der Waals surface area contributed by atoms with Crippen LogP contribution >= 0.6 is 0 Å². The second-order valence-electron chi connectivity index (χ2n) is 4.85. The predicted molar refractivity (Wildman–Crippen MR) is 77.8 cm³/mol. The summed E-state index contributed by atoms with van der Waals surface area (Å²) in [5.41, 5.74) is 2.09. The molecule has 0 spiro atoms. The van der Waals surface area contributed by atoms with Crippen LogP contribution in [0.3, 0.4) is 0 Å². The van der Waals surface area contributed by atoms with Crippen LogP contribution in [0.1, 0.15) is 5.56 Å². The Labute approximate surface area is 125 Å². The smallest absolute Gasteiger partial charge is 0.319 e. The van der Waals surface area contributed by atoms with Crippen LogP contribution in [0.25, 0.3) is 0 Å². The number of β-amino-alcohol motifs (C(OH)–C–C–N with tert-alkyl or cyclic N) is 1. The number of urea groups is 1. The Morgan fingerprint density at radius 3 is 2.86 bits per heavy atom. The fourth-order valence-corrected chi connectivity index (χ4v) is 2.39. The van der Waals surface area contributed by atoms with Crippen LogP contribution in [0.4, 0.5) is 16.2 Å². The molecule has 4 amide bonds. The van der Waals surface area contributed by atoms with Crippen molar-refractivity contribution in [2.24, 2.45) is 0 Å². The van der Waals surface area contributed by atoms with Crippen LogP contribution in [0.5, 0.6) is 0 Å². The number of amides is 4. The van der Waals surface area contributed by atoms with Gasteiger partial charge in [-0.3, -0.25) is 14.5 Å². The van der Waals surface area contributed by atoms with Gasteiger partial charge in [0.15, 0.2) is 0 Å². The van der Waals surface area contributed by atoms with Crippen molar-refractivity contribution < 1.29 is 19.5 Å². The van der Waals surface area contributed by atoms with Gasteiger partial charge in [0.05, 0.1) is 24.5 Å². The molecule has 0 atom stereocenters. The molecule has 4 N–H and O–H groups in total. The van der Waals surface area contributed by atoms with E-state index in [1.807, 2.05) is 6.07 Å². The summed E-state index contributed by atoms with van der Waals surface area (Å²) in [7, 11) is 0. The lowest BCUT2D eigenvalue weighted by Gasteiger charge is -2.22. The first-order valence-electron chi connectivity index (χ1n) is 6.72. The molecule has 0 fully saturated rings. The maximum atomic E-state index is 12.1. The quantitative estimate of drug-likeness (QED) is 0.584. The molecule has 0 aromatic heterocycles. The number of para-hydroxylation sites is 1. The number of nitrogens with one attached hydrogen (secondary N) is 3. The maximum absolute atomic E-state index is 12.1. The average molecular weight is 302 g/mol. The Morgan fingerprint density at radius 2 is 2.09 bits per heavy atom. The van der Waals surface area contributed by atoms with Gasteiger partial charge in [0.2, 0.25) is 0 Å². The van der Waals surface area contributed by atoms with Crippen molar-refractivity contribution in [2.75, 3.05) is 23.8 Å². The number of hydrogen-bond donors (Lipinski definition) is 4. The molecule has 3 rings (SSSR count).